The molecule has 4 heteroatoms. The maximum atomic E-state index is 9.35. The number of aromatic nitrogens is 1. The van der Waals surface area contributed by atoms with Crippen molar-refractivity contribution in [1.29, 1.82) is 0 Å². The van der Waals surface area contributed by atoms with E-state index in [2.05, 4.69) is 40.2 Å². The highest BCUT2D eigenvalue weighted by Gasteiger charge is 2.08. The lowest BCUT2D eigenvalue weighted by Crippen LogP contribution is -2.26. The van der Waals surface area contributed by atoms with Crippen molar-refractivity contribution in [3.8, 4) is 5.75 Å². The molecule has 0 amide bonds. The predicted molar refractivity (Wildman–Crippen MR) is 95.9 cm³/mol. The molecule has 0 fully saturated rings. The highest BCUT2D eigenvalue weighted by atomic mass is 16.5. The average molecular weight is 322 g/mol. The molecule has 0 aliphatic rings. The fourth-order valence-electron chi connectivity index (χ4n) is 2.86. The molecule has 3 aromatic rings. The van der Waals surface area contributed by atoms with Gasteiger partial charge in [0.1, 0.15) is 5.75 Å². The van der Waals surface area contributed by atoms with Crippen LogP contribution in [0.1, 0.15) is 11.1 Å². The smallest absolute Gasteiger partial charge is 0.119 e. The number of aliphatic hydroxyl groups is 1. The van der Waals surface area contributed by atoms with Gasteiger partial charge in [0.15, 0.2) is 0 Å². The minimum Gasteiger partial charge on any atom is -0.497 e. The maximum Gasteiger partial charge on any atom is 0.119 e. The number of aliphatic hydroxyl groups excluding tert-OH is 1. The Kier molecular flexibility index (Phi) is 5.41. The Morgan fingerprint density at radius 2 is 1.79 bits per heavy atom. The fraction of sp³-hybridized carbons (Fsp3) is 0.250. The van der Waals surface area contributed by atoms with Gasteiger partial charge in [0.05, 0.1) is 13.7 Å². The molecule has 0 spiro atoms. The van der Waals surface area contributed by atoms with E-state index in [1.165, 1.54) is 16.3 Å². The Hall–Kier alpha value is -2.43. The van der Waals surface area contributed by atoms with Gasteiger partial charge < -0.3 is 9.84 Å². The molecule has 0 radical (unpaired) electrons. The molecule has 0 aliphatic heterocycles. The van der Waals surface area contributed by atoms with Gasteiger partial charge in [-0.2, -0.15) is 0 Å². The monoisotopic (exact) mass is 322 g/mol. The fourth-order valence-corrected chi connectivity index (χ4v) is 2.86. The van der Waals surface area contributed by atoms with E-state index in [1.54, 1.807) is 13.3 Å². The van der Waals surface area contributed by atoms with Crippen LogP contribution in [0.5, 0.6) is 5.75 Å². The van der Waals surface area contributed by atoms with E-state index < -0.39 is 0 Å². The number of fused-ring (bicyclic) bond motifs is 1. The first-order valence-electron chi connectivity index (χ1n) is 8.07. The highest BCUT2D eigenvalue weighted by molar-refractivity contribution is 5.84. The third-order valence-electron chi connectivity index (χ3n) is 4.06. The lowest BCUT2D eigenvalue weighted by atomic mass is 10.1. The average Bonchev–Trinajstić information content (AvgIpc) is 2.62. The number of hydrogen-bond donors (Lipinski definition) is 1. The molecule has 0 bridgehead atoms. The standard InChI is InChI=1S/C20H22N2O2/c1-24-20-7-6-18-11-16(4-5-19(18)12-20)14-22(9-10-23)15-17-3-2-8-21-13-17/h2-8,11-13,23H,9-10,14-15H2,1H3. The third-order valence-corrected chi connectivity index (χ3v) is 4.06. The van der Waals surface area contributed by atoms with Crippen LogP contribution < -0.4 is 4.74 Å². The zero-order chi connectivity index (χ0) is 16.8. The molecule has 1 heterocycles. The molecule has 0 saturated heterocycles. The Labute approximate surface area is 142 Å². The molecule has 0 unspecified atom stereocenters. The Morgan fingerprint density at radius 1 is 1.00 bits per heavy atom. The quantitative estimate of drug-likeness (QED) is 0.725. The Morgan fingerprint density at radius 3 is 2.54 bits per heavy atom. The molecule has 124 valence electrons. The van der Waals surface area contributed by atoms with Crippen molar-refractivity contribution < 1.29 is 9.84 Å². The number of benzene rings is 2. The minimum atomic E-state index is 0.144. The first-order chi connectivity index (χ1) is 11.8. The van der Waals surface area contributed by atoms with Crippen LogP contribution in [-0.2, 0) is 13.1 Å². The van der Waals surface area contributed by atoms with Crippen molar-refractivity contribution in [1.82, 2.24) is 9.88 Å². The highest BCUT2D eigenvalue weighted by Crippen LogP contribution is 2.22. The number of nitrogens with zero attached hydrogens (tertiary/aromatic N) is 2. The van der Waals surface area contributed by atoms with Crippen molar-refractivity contribution in [3.05, 3.63) is 72.1 Å². The van der Waals surface area contributed by atoms with Gasteiger partial charge in [-0.05, 0) is 46.2 Å². The topological polar surface area (TPSA) is 45.6 Å². The molecule has 3 rings (SSSR count). The van der Waals surface area contributed by atoms with Crippen molar-refractivity contribution in [2.24, 2.45) is 0 Å². The minimum absolute atomic E-state index is 0.144. The van der Waals surface area contributed by atoms with Gasteiger partial charge in [-0.1, -0.05) is 24.3 Å². The molecule has 0 atom stereocenters. The van der Waals surface area contributed by atoms with E-state index in [4.69, 9.17) is 4.74 Å². The predicted octanol–water partition coefficient (Wildman–Crippen LogP) is 3.24. The van der Waals surface area contributed by atoms with Gasteiger partial charge >= 0.3 is 0 Å². The number of methoxy groups -OCH3 is 1. The van der Waals surface area contributed by atoms with Crippen LogP contribution in [0.25, 0.3) is 10.8 Å². The second-order valence-electron chi connectivity index (χ2n) is 5.84. The van der Waals surface area contributed by atoms with Crippen molar-refractivity contribution in [2.75, 3.05) is 20.3 Å². The lowest BCUT2D eigenvalue weighted by Gasteiger charge is -2.21. The largest absolute Gasteiger partial charge is 0.497 e. The van der Waals surface area contributed by atoms with Crippen LogP contribution in [0, 0.1) is 0 Å². The summed E-state index contributed by atoms with van der Waals surface area (Å²) in [6.07, 6.45) is 3.65. The van der Waals surface area contributed by atoms with Crippen LogP contribution in [0.15, 0.2) is 60.9 Å². The zero-order valence-electron chi connectivity index (χ0n) is 13.9. The second kappa shape index (κ2) is 7.90. The van der Waals surface area contributed by atoms with Gasteiger partial charge in [-0.3, -0.25) is 9.88 Å². The number of rotatable bonds is 7. The zero-order valence-corrected chi connectivity index (χ0v) is 13.9. The molecule has 2 aromatic carbocycles. The second-order valence-corrected chi connectivity index (χ2v) is 5.84. The van der Waals surface area contributed by atoms with E-state index in [0.29, 0.717) is 6.54 Å². The molecule has 0 saturated carbocycles. The molecule has 24 heavy (non-hydrogen) atoms. The number of hydrogen-bond acceptors (Lipinski definition) is 4. The van der Waals surface area contributed by atoms with Crippen molar-refractivity contribution >= 4 is 10.8 Å². The summed E-state index contributed by atoms with van der Waals surface area (Å²) in [5, 5.41) is 11.7. The normalized spacial score (nSPS) is 11.1. The number of ether oxygens (including phenoxy) is 1. The SMILES string of the molecule is COc1ccc2cc(CN(CCO)Cc3cccnc3)ccc2c1. The van der Waals surface area contributed by atoms with Crippen LogP contribution in [0.3, 0.4) is 0 Å². The van der Waals surface area contributed by atoms with Crippen LogP contribution >= 0.6 is 0 Å². The molecule has 0 aliphatic carbocycles. The van der Waals surface area contributed by atoms with E-state index >= 15 is 0 Å². The number of pyridine rings is 1. The third kappa shape index (κ3) is 4.10. The summed E-state index contributed by atoms with van der Waals surface area (Å²) in [5.74, 6) is 0.869. The van der Waals surface area contributed by atoms with Gasteiger partial charge in [0.2, 0.25) is 0 Å². The molecule has 4 nitrogen and oxygen atoms in total. The maximum absolute atomic E-state index is 9.35. The first kappa shape index (κ1) is 16.4. The Bertz CT molecular complexity index is 790. The molecule has 1 N–H and O–H groups in total. The Balaban J connectivity index is 1.77. The molecular weight excluding hydrogens is 300 g/mol. The van der Waals surface area contributed by atoms with Crippen molar-refractivity contribution in [2.45, 2.75) is 13.1 Å². The van der Waals surface area contributed by atoms with Gasteiger partial charge in [-0.15, -0.1) is 0 Å². The van der Waals surface area contributed by atoms with Gasteiger partial charge in [0, 0.05) is 32.0 Å². The van der Waals surface area contributed by atoms with E-state index in [9.17, 15) is 5.11 Å². The summed E-state index contributed by atoms with van der Waals surface area (Å²) in [7, 11) is 1.68. The van der Waals surface area contributed by atoms with Gasteiger partial charge in [-0.25, -0.2) is 0 Å². The van der Waals surface area contributed by atoms with E-state index in [1.807, 2.05) is 24.4 Å². The van der Waals surface area contributed by atoms with Crippen molar-refractivity contribution in [3.63, 3.8) is 0 Å². The van der Waals surface area contributed by atoms with E-state index in [0.717, 1.165) is 24.4 Å². The van der Waals surface area contributed by atoms with Crippen LogP contribution in [0.4, 0.5) is 0 Å². The summed E-state index contributed by atoms with van der Waals surface area (Å²) >= 11 is 0. The first-order valence-corrected chi connectivity index (χ1v) is 8.07. The van der Waals surface area contributed by atoms with Crippen LogP contribution in [-0.4, -0.2) is 35.3 Å². The summed E-state index contributed by atoms with van der Waals surface area (Å²) in [6.45, 7) is 2.34. The van der Waals surface area contributed by atoms with Gasteiger partial charge in [0.25, 0.3) is 0 Å². The van der Waals surface area contributed by atoms with Crippen LogP contribution in [0.2, 0.25) is 0 Å². The summed E-state index contributed by atoms with van der Waals surface area (Å²) < 4.78 is 5.27. The summed E-state index contributed by atoms with van der Waals surface area (Å²) in [6, 6.07) is 16.6. The summed E-state index contributed by atoms with van der Waals surface area (Å²) in [4.78, 5) is 6.39. The van der Waals surface area contributed by atoms with E-state index in [-0.39, 0.29) is 6.61 Å². The molecule has 1 aromatic heterocycles. The summed E-state index contributed by atoms with van der Waals surface area (Å²) in [5.41, 5.74) is 2.38. The lowest BCUT2D eigenvalue weighted by molar-refractivity contribution is 0.184. The molecular formula is C20H22N2O2.